The lowest BCUT2D eigenvalue weighted by Crippen LogP contribution is -2.39. The Bertz CT molecular complexity index is 982. The molecular weight excluding hydrogens is 489 g/mol. The molecule has 0 saturated carbocycles. The number of aromatic nitrogens is 1. The van der Waals surface area contributed by atoms with Gasteiger partial charge in [-0.1, -0.05) is 30.3 Å². The zero-order chi connectivity index (χ0) is 20.5. The second-order valence-electron chi connectivity index (χ2n) is 6.88. The van der Waals surface area contributed by atoms with Crippen molar-refractivity contribution in [1.29, 1.82) is 0 Å². The molecule has 1 aromatic heterocycles. The summed E-state index contributed by atoms with van der Waals surface area (Å²) in [6.45, 7) is 2.56. The minimum Gasteiger partial charge on any atom is -0.356 e. The number of aryl methyl sites for hydroxylation is 1. The molecule has 6 nitrogen and oxygen atoms in total. The highest BCUT2D eigenvalue weighted by atomic mass is 127. The van der Waals surface area contributed by atoms with Crippen LogP contribution >= 0.6 is 24.0 Å². The smallest absolute Gasteiger partial charge is 0.251 e. The van der Waals surface area contributed by atoms with Crippen molar-refractivity contribution in [2.24, 2.45) is 4.99 Å². The number of nitrogens with one attached hydrogen (secondary N) is 3. The van der Waals surface area contributed by atoms with E-state index in [1.54, 1.807) is 14.1 Å². The molecule has 0 atom stereocenters. The van der Waals surface area contributed by atoms with Crippen LogP contribution in [0.1, 0.15) is 22.3 Å². The molecule has 7 heteroatoms. The standard InChI is InChI=1S/C23H29N5O.HI/c1-24-22(29)20-9-5-7-18(17-20)11-14-27-23(25-2)26-13-6-15-28-16-12-19-8-3-4-10-21(19)28;/h3-5,7-10,12,16-17H,6,11,13-15H2,1-2H3,(H,24,29)(H2,25,26,27);1H. The monoisotopic (exact) mass is 519 g/mol. The molecule has 1 heterocycles. The van der Waals surface area contributed by atoms with Crippen LogP contribution in [0.5, 0.6) is 0 Å². The van der Waals surface area contributed by atoms with Crippen LogP contribution in [0, 0.1) is 0 Å². The van der Waals surface area contributed by atoms with Crippen molar-refractivity contribution in [2.45, 2.75) is 19.4 Å². The third-order valence-electron chi connectivity index (χ3n) is 4.89. The van der Waals surface area contributed by atoms with Gasteiger partial charge in [-0.05, 0) is 48.1 Å². The Kier molecular flexibility index (Phi) is 9.66. The molecule has 160 valence electrons. The SMILES string of the molecule is CN=C(NCCCn1ccc2ccccc21)NCCc1cccc(C(=O)NC)c1.I. The first-order chi connectivity index (χ1) is 14.2. The van der Waals surface area contributed by atoms with Gasteiger partial charge < -0.3 is 20.5 Å². The Labute approximate surface area is 195 Å². The number of halogens is 1. The zero-order valence-electron chi connectivity index (χ0n) is 17.5. The number of hydrogen-bond donors (Lipinski definition) is 3. The third kappa shape index (κ3) is 6.48. The molecule has 0 aliphatic rings. The second-order valence-corrected chi connectivity index (χ2v) is 6.88. The quantitative estimate of drug-likeness (QED) is 0.185. The van der Waals surface area contributed by atoms with E-state index in [1.807, 2.05) is 24.3 Å². The summed E-state index contributed by atoms with van der Waals surface area (Å²) < 4.78 is 2.28. The summed E-state index contributed by atoms with van der Waals surface area (Å²) in [5.41, 5.74) is 3.08. The number of benzene rings is 2. The number of fused-ring (bicyclic) bond motifs is 1. The fourth-order valence-electron chi connectivity index (χ4n) is 3.35. The van der Waals surface area contributed by atoms with Gasteiger partial charge in [-0.3, -0.25) is 9.79 Å². The number of rotatable bonds is 8. The van der Waals surface area contributed by atoms with E-state index in [0.717, 1.165) is 44.0 Å². The average molecular weight is 519 g/mol. The highest BCUT2D eigenvalue weighted by Crippen LogP contribution is 2.15. The van der Waals surface area contributed by atoms with Gasteiger partial charge in [-0.25, -0.2) is 0 Å². The largest absolute Gasteiger partial charge is 0.356 e. The van der Waals surface area contributed by atoms with Gasteiger partial charge in [0, 0.05) is 51.0 Å². The van der Waals surface area contributed by atoms with Gasteiger partial charge in [0.05, 0.1) is 0 Å². The number of nitrogens with zero attached hydrogens (tertiary/aromatic N) is 2. The molecule has 0 saturated heterocycles. The Morgan fingerprint density at radius 3 is 2.63 bits per heavy atom. The molecular formula is C23H30IN5O. The van der Waals surface area contributed by atoms with Gasteiger partial charge in [0.25, 0.3) is 5.91 Å². The third-order valence-corrected chi connectivity index (χ3v) is 4.89. The summed E-state index contributed by atoms with van der Waals surface area (Å²) in [7, 11) is 3.42. The average Bonchev–Trinajstić information content (AvgIpc) is 3.18. The van der Waals surface area contributed by atoms with Crippen LogP contribution in [0.2, 0.25) is 0 Å². The van der Waals surface area contributed by atoms with E-state index in [-0.39, 0.29) is 29.9 Å². The van der Waals surface area contributed by atoms with E-state index < -0.39 is 0 Å². The number of amides is 1. The summed E-state index contributed by atoms with van der Waals surface area (Å²) in [6.07, 6.45) is 3.97. The van der Waals surface area contributed by atoms with Crippen molar-refractivity contribution >= 4 is 46.7 Å². The van der Waals surface area contributed by atoms with Gasteiger partial charge >= 0.3 is 0 Å². The van der Waals surface area contributed by atoms with Gasteiger partial charge in [0.1, 0.15) is 0 Å². The molecule has 3 N–H and O–H groups in total. The van der Waals surface area contributed by atoms with Gasteiger partial charge in [0.15, 0.2) is 5.96 Å². The number of carbonyl (C=O) groups excluding carboxylic acids is 1. The first kappa shape index (κ1) is 23.7. The maximum atomic E-state index is 11.7. The molecule has 3 aromatic rings. The molecule has 3 rings (SSSR count). The van der Waals surface area contributed by atoms with E-state index in [0.29, 0.717) is 5.56 Å². The van der Waals surface area contributed by atoms with Crippen molar-refractivity contribution in [3.63, 3.8) is 0 Å². The number of guanidine groups is 1. The van der Waals surface area contributed by atoms with Crippen LogP contribution in [-0.2, 0) is 13.0 Å². The van der Waals surface area contributed by atoms with Crippen molar-refractivity contribution in [3.05, 3.63) is 71.9 Å². The molecule has 0 bridgehead atoms. The first-order valence-electron chi connectivity index (χ1n) is 10.0. The van der Waals surface area contributed by atoms with Crippen molar-refractivity contribution in [3.8, 4) is 0 Å². The second kappa shape index (κ2) is 12.2. The van der Waals surface area contributed by atoms with Crippen LogP contribution in [0.15, 0.2) is 65.8 Å². The number of aliphatic imine (C=N–C) groups is 1. The highest BCUT2D eigenvalue weighted by Gasteiger charge is 2.04. The molecule has 30 heavy (non-hydrogen) atoms. The molecule has 0 aliphatic carbocycles. The number of hydrogen-bond acceptors (Lipinski definition) is 2. The van der Waals surface area contributed by atoms with E-state index >= 15 is 0 Å². The van der Waals surface area contributed by atoms with Crippen LogP contribution in [0.25, 0.3) is 10.9 Å². The number of carbonyl (C=O) groups is 1. The maximum absolute atomic E-state index is 11.7. The Morgan fingerprint density at radius 2 is 1.83 bits per heavy atom. The van der Waals surface area contributed by atoms with Gasteiger partial charge in [-0.15, -0.1) is 24.0 Å². The normalized spacial score (nSPS) is 11.1. The fourth-order valence-corrected chi connectivity index (χ4v) is 3.35. The zero-order valence-corrected chi connectivity index (χ0v) is 19.9. The van der Waals surface area contributed by atoms with Gasteiger partial charge in [0.2, 0.25) is 0 Å². The number of para-hydroxylation sites is 1. The van der Waals surface area contributed by atoms with Crippen LogP contribution in [0.3, 0.4) is 0 Å². The summed E-state index contributed by atoms with van der Waals surface area (Å²) in [5.74, 6) is 0.734. The summed E-state index contributed by atoms with van der Waals surface area (Å²) in [5, 5.41) is 10.6. The summed E-state index contributed by atoms with van der Waals surface area (Å²) in [6, 6.07) is 18.3. The lowest BCUT2D eigenvalue weighted by Gasteiger charge is -2.13. The molecule has 0 unspecified atom stereocenters. The van der Waals surface area contributed by atoms with Crippen molar-refractivity contribution < 1.29 is 4.79 Å². The highest BCUT2D eigenvalue weighted by molar-refractivity contribution is 14.0. The van der Waals surface area contributed by atoms with Crippen LogP contribution < -0.4 is 16.0 Å². The molecule has 0 aliphatic heterocycles. The van der Waals surface area contributed by atoms with Crippen molar-refractivity contribution in [2.75, 3.05) is 27.2 Å². The maximum Gasteiger partial charge on any atom is 0.251 e. The molecule has 0 spiro atoms. The molecule has 0 radical (unpaired) electrons. The van der Waals surface area contributed by atoms with E-state index in [1.165, 1.54) is 10.9 Å². The fraction of sp³-hybridized carbons (Fsp3) is 0.304. The molecule has 0 fully saturated rings. The summed E-state index contributed by atoms with van der Waals surface area (Å²) >= 11 is 0. The minimum atomic E-state index is -0.0623. The molecule has 1 amide bonds. The van der Waals surface area contributed by atoms with Crippen LogP contribution in [-0.4, -0.2) is 43.6 Å². The Morgan fingerprint density at radius 1 is 1.03 bits per heavy atom. The van der Waals surface area contributed by atoms with Crippen molar-refractivity contribution in [1.82, 2.24) is 20.5 Å². The lowest BCUT2D eigenvalue weighted by molar-refractivity contribution is 0.0963. The Hall–Kier alpha value is -2.55. The minimum absolute atomic E-state index is 0. The van der Waals surface area contributed by atoms with E-state index in [9.17, 15) is 4.79 Å². The Balaban J connectivity index is 0.00000320. The summed E-state index contributed by atoms with van der Waals surface area (Å²) in [4.78, 5) is 16.0. The van der Waals surface area contributed by atoms with Crippen LogP contribution in [0.4, 0.5) is 0 Å². The van der Waals surface area contributed by atoms with Gasteiger partial charge in [-0.2, -0.15) is 0 Å². The topological polar surface area (TPSA) is 70.5 Å². The predicted molar refractivity (Wildman–Crippen MR) is 135 cm³/mol. The predicted octanol–water partition coefficient (Wildman–Crippen LogP) is 3.42. The van der Waals surface area contributed by atoms with E-state index in [4.69, 9.17) is 0 Å². The molecule has 2 aromatic carbocycles. The lowest BCUT2D eigenvalue weighted by atomic mass is 10.1. The van der Waals surface area contributed by atoms with E-state index in [2.05, 4.69) is 62.0 Å². The first-order valence-corrected chi connectivity index (χ1v) is 10.0.